The average molecular weight is 191 g/mol. The number of hydrogen-bond donors (Lipinski definition) is 0. The maximum Gasteiger partial charge on any atom is 0.155 e. The summed E-state index contributed by atoms with van der Waals surface area (Å²) in [7, 11) is 0. The third kappa shape index (κ3) is 1.28. The summed E-state index contributed by atoms with van der Waals surface area (Å²) in [6.07, 6.45) is 3.37. The zero-order valence-electron chi connectivity index (χ0n) is 7.09. The van der Waals surface area contributed by atoms with Gasteiger partial charge in [-0.05, 0) is 12.1 Å². The van der Waals surface area contributed by atoms with Crippen molar-refractivity contribution in [2.24, 2.45) is 0 Å². The van der Waals surface area contributed by atoms with E-state index in [9.17, 15) is 9.18 Å². The van der Waals surface area contributed by atoms with E-state index in [1.165, 1.54) is 29.3 Å². The number of hydrogen-bond acceptors (Lipinski definition) is 3. The number of rotatable bonds is 2. The first kappa shape index (κ1) is 8.55. The minimum Gasteiger partial charge on any atom is -0.298 e. The van der Waals surface area contributed by atoms with Crippen LogP contribution in [0.15, 0.2) is 30.6 Å². The first-order chi connectivity index (χ1) is 6.83. The number of aldehydes is 1. The van der Waals surface area contributed by atoms with E-state index in [1.54, 1.807) is 6.07 Å². The number of carbonyl (C=O) groups is 1. The Kier molecular flexibility index (Phi) is 2.06. The van der Waals surface area contributed by atoms with Crippen LogP contribution < -0.4 is 0 Å². The van der Waals surface area contributed by atoms with E-state index in [-0.39, 0.29) is 5.56 Å². The van der Waals surface area contributed by atoms with Gasteiger partial charge in [0.15, 0.2) is 6.29 Å². The highest BCUT2D eigenvalue weighted by molar-refractivity contribution is 5.80. The molecular formula is C9H6FN3O. The van der Waals surface area contributed by atoms with E-state index < -0.39 is 5.82 Å². The minimum absolute atomic E-state index is 0.0382. The number of aromatic nitrogens is 3. The molecule has 70 valence electrons. The predicted octanol–water partition coefficient (Wildman–Crippen LogP) is 1.22. The summed E-state index contributed by atoms with van der Waals surface area (Å²) in [5.74, 6) is -0.574. The number of nitrogens with zero attached hydrogens (tertiary/aromatic N) is 3. The van der Waals surface area contributed by atoms with Crippen LogP contribution in [0, 0.1) is 5.82 Å². The Labute approximate surface area is 79.0 Å². The maximum absolute atomic E-state index is 13.1. The van der Waals surface area contributed by atoms with Crippen LogP contribution in [0.2, 0.25) is 0 Å². The third-order valence-electron chi connectivity index (χ3n) is 1.78. The van der Waals surface area contributed by atoms with Crippen LogP contribution in [0.5, 0.6) is 0 Å². The van der Waals surface area contributed by atoms with Crippen LogP contribution in [0.1, 0.15) is 10.4 Å². The second kappa shape index (κ2) is 3.37. The van der Waals surface area contributed by atoms with E-state index in [4.69, 9.17) is 0 Å². The molecule has 0 saturated carbocycles. The number of carbonyl (C=O) groups excluding carboxylic acids is 1. The van der Waals surface area contributed by atoms with Crippen molar-refractivity contribution in [3.63, 3.8) is 0 Å². The monoisotopic (exact) mass is 191 g/mol. The first-order valence-corrected chi connectivity index (χ1v) is 3.93. The predicted molar refractivity (Wildman–Crippen MR) is 46.7 cm³/mol. The van der Waals surface area contributed by atoms with Crippen molar-refractivity contribution >= 4 is 6.29 Å². The second-order valence-electron chi connectivity index (χ2n) is 2.61. The van der Waals surface area contributed by atoms with Crippen molar-refractivity contribution in [2.45, 2.75) is 0 Å². The van der Waals surface area contributed by atoms with Crippen molar-refractivity contribution in [2.75, 3.05) is 0 Å². The zero-order valence-corrected chi connectivity index (χ0v) is 7.09. The highest BCUT2D eigenvalue weighted by Gasteiger charge is 2.09. The SMILES string of the molecule is O=Cc1c(F)cccc1-n1nccn1. The Morgan fingerprint density at radius 3 is 2.64 bits per heavy atom. The van der Waals surface area contributed by atoms with Crippen molar-refractivity contribution in [3.05, 3.63) is 42.0 Å². The molecule has 4 nitrogen and oxygen atoms in total. The first-order valence-electron chi connectivity index (χ1n) is 3.93. The van der Waals surface area contributed by atoms with Crippen LogP contribution in [-0.2, 0) is 0 Å². The molecule has 0 aliphatic rings. The molecule has 0 bridgehead atoms. The Bertz CT molecular complexity index is 453. The summed E-state index contributed by atoms with van der Waals surface area (Å²) in [5, 5.41) is 7.63. The number of halogens is 1. The molecule has 0 radical (unpaired) electrons. The van der Waals surface area contributed by atoms with Crippen LogP contribution in [-0.4, -0.2) is 21.3 Å². The molecule has 1 heterocycles. The molecule has 1 aromatic carbocycles. The molecular weight excluding hydrogens is 185 g/mol. The summed E-state index contributed by atoms with van der Waals surface area (Å²) < 4.78 is 13.1. The third-order valence-corrected chi connectivity index (χ3v) is 1.78. The quantitative estimate of drug-likeness (QED) is 0.670. The van der Waals surface area contributed by atoms with Gasteiger partial charge < -0.3 is 0 Å². The van der Waals surface area contributed by atoms with E-state index >= 15 is 0 Å². The molecule has 2 aromatic rings. The van der Waals surface area contributed by atoms with Crippen LogP contribution in [0.3, 0.4) is 0 Å². The Balaban J connectivity index is 2.64. The molecule has 0 unspecified atom stereocenters. The van der Waals surface area contributed by atoms with Gasteiger partial charge >= 0.3 is 0 Å². The molecule has 0 amide bonds. The summed E-state index contributed by atoms with van der Waals surface area (Å²) in [5.41, 5.74) is 0.300. The standard InChI is InChI=1S/C9H6FN3O/c10-8-2-1-3-9(7(8)6-14)13-11-4-5-12-13/h1-6H. The van der Waals surface area contributed by atoms with Crippen LogP contribution >= 0.6 is 0 Å². The average Bonchev–Trinajstić information content (AvgIpc) is 2.70. The summed E-state index contributed by atoms with van der Waals surface area (Å²) in [6.45, 7) is 0. The van der Waals surface area contributed by atoms with Gasteiger partial charge in [0.05, 0.1) is 23.6 Å². The van der Waals surface area contributed by atoms with Gasteiger partial charge in [0.25, 0.3) is 0 Å². The molecule has 0 aliphatic heterocycles. The molecule has 14 heavy (non-hydrogen) atoms. The van der Waals surface area contributed by atoms with Gasteiger partial charge in [-0.15, -0.1) is 0 Å². The Morgan fingerprint density at radius 2 is 2.00 bits per heavy atom. The highest BCUT2D eigenvalue weighted by atomic mass is 19.1. The topological polar surface area (TPSA) is 47.8 Å². The Morgan fingerprint density at radius 1 is 1.29 bits per heavy atom. The van der Waals surface area contributed by atoms with Crippen LogP contribution in [0.4, 0.5) is 4.39 Å². The van der Waals surface area contributed by atoms with Gasteiger partial charge in [0, 0.05) is 0 Å². The van der Waals surface area contributed by atoms with Crippen molar-refractivity contribution in [3.8, 4) is 5.69 Å². The minimum atomic E-state index is -0.574. The molecule has 0 aliphatic carbocycles. The molecule has 2 rings (SSSR count). The lowest BCUT2D eigenvalue weighted by Crippen LogP contribution is -2.04. The molecule has 0 spiro atoms. The summed E-state index contributed by atoms with van der Waals surface area (Å²) >= 11 is 0. The van der Waals surface area contributed by atoms with E-state index in [0.717, 1.165) is 0 Å². The lowest BCUT2D eigenvalue weighted by Gasteiger charge is -2.02. The lowest BCUT2D eigenvalue weighted by molar-refractivity contribution is 0.111. The molecule has 5 heteroatoms. The molecule has 0 N–H and O–H groups in total. The van der Waals surface area contributed by atoms with Gasteiger partial charge in [-0.25, -0.2) is 4.39 Å². The number of benzene rings is 1. The van der Waals surface area contributed by atoms with Crippen molar-refractivity contribution in [1.82, 2.24) is 15.0 Å². The van der Waals surface area contributed by atoms with Gasteiger partial charge in [-0.1, -0.05) is 6.07 Å². The van der Waals surface area contributed by atoms with Gasteiger partial charge in [-0.3, -0.25) is 4.79 Å². The van der Waals surface area contributed by atoms with Gasteiger partial charge in [0.2, 0.25) is 0 Å². The zero-order chi connectivity index (χ0) is 9.97. The van der Waals surface area contributed by atoms with E-state index in [1.807, 2.05) is 0 Å². The molecule has 0 fully saturated rings. The smallest absolute Gasteiger partial charge is 0.155 e. The van der Waals surface area contributed by atoms with E-state index in [2.05, 4.69) is 10.2 Å². The van der Waals surface area contributed by atoms with Gasteiger partial charge in [0.1, 0.15) is 5.82 Å². The highest BCUT2D eigenvalue weighted by Crippen LogP contribution is 2.13. The van der Waals surface area contributed by atoms with Gasteiger partial charge in [-0.2, -0.15) is 15.0 Å². The van der Waals surface area contributed by atoms with Crippen molar-refractivity contribution in [1.29, 1.82) is 0 Å². The largest absolute Gasteiger partial charge is 0.298 e. The second-order valence-corrected chi connectivity index (χ2v) is 2.61. The van der Waals surface area contributed by atoms with Crippen molar-refractivity contribution < 1.29 is 9.18 Å². The van der Waals surface area contributed by atoms with Crippen LogP contribution in [0.25, 0.3) is 5.69 Å². The summed E-state index contributed by atoms with van der Waals surface area (Å²) in [6, 6.07) is 4.30. The molecule has 0 saturated heterocycles. The molecule has 1 aromatic heterocycles. The van der Waals surface area contributed by atoms with E-state index in [0.29, 0.717) is 12.0 Å². The fraction of sp³-hybridized carbons (Fsp3) is 0. The Hall–Kier alpha value is -2.04. The fourth-order valence-corrected chi connectivity index (χ4v) is 1.16. The maximum atomic E-state index is 13.1. The normalized spacial score (nSPS) is 10.1. The lowest BCUT2D eigenvalue weighted by atomic mass is 10.2. The summed E-state index contributed by atoms with van der Waals surface area (Å²) in [4.78, 5) is 11.8. The fourth-order valence-electron chi connectivity index (χ4n) is 1.16. The molecule has 0 atom stereocenters.